The number of fused-ring (bicyclic) bond motifs is 9. The van der Waals surface area contributed by atoms with Gasteiger partial charge in [0, 0.05) is 77.6 Å². The average Bonchev–Trinajstić information content (AvgIpc) is 4.29. The van der Waals surface area contributed by atoms with E-state index in [2.05, 4.69) is 29.6 Å². The number of halogens is 2. The van der Waals surface area contributed by atoms with Crippen LogP contribution in [0.15, 0.2) is 194 Å². The summed E-state index contributed by atoms with van der Waals surface area (Å²) in [6, 6.07) is 63.1. The Morgan fingerprint density at radius 3 is 1.44 bits per heavy atom. The molecule has 13 heteroatoms. The fourth-order valence-corrected chi connectivity index (χ4v) is 12.4. The fourth-order valence-electron chi connectivity index (χ4n) is 11.9. The van der Waals surface area contributed by atoms with Gasteiger partial charge in [0.25, 0.3) is 0 Å². The third kappa shape index (κ3) is 10.9. The van der Waals surface area contributed by atoms with E-state index in [9.17, 15) is 9.59 Å². The maximum absolute atomic E-state index is 15.1. The normalized spacial score (nSPS) is 15.0. The van der Waals surface area contributed by atoms with Crippen molar-refractivity contribution in [2.45, 2.75) is 43.8 Å². The molecular formula is C68H58Cl2N4O7. The number of amides is 4. The molecule has 11 nitrogen and oxygen atoms in total. The van der Waals surface area contributed by atoms with Gasteiger partial charge in [-0.3, -0.25) is 19.7 Å². The number of nitrogens with one attached hydrogen (secondary N) is 1. The van der Waals surface area contributed by atoms with E-state index in [0.29, 0.717) is 48.2 Å². The molecule has 81 heavy (non-hydrogen) atoms. The summed E-state index contributed by atoms with van der Waals surface area (Å²) in [6.07, 6.45) is -0.285. The Hall–Kier alpha value is -8.64. The van der Waals surface area contributed by atoms with Crippen LogP contribution in [0.2, 0.25) is 0 Å². The third-order valence-corrected chi connectivity index (χ3v) is 16.6. The van der Waals surface area contributed by atoms with E-state index in [1.807, 2.05) is 158 Å². The number of carbonyl (C=O) groups is 4. The van der Waals surface area contributed by atoms with Crippen LogP contribution >= 0.6 is 23.2 Å². The summed E-state index contributed by atoms with van der Waals surface area (Å²) in [5.74, 6) is 0.168. The first-order valence-electron chi connectivity index (χ1n) is 27.4. The highest BCUT2D eigenvalue weighted by Gasteiger charge is 2.39. The summed E-state index contributed by atoms with van der Waals surface area (Å²) >= 11 is 13.4. The molecule has 0 aromatic heterocycles. The molecule has 9 aromatic carbocycles. The number of alkyl halides is 2. The second kappa shape index (κ2) is 23.6. The first kappa shape index (κ1) is 53.0. The lowest BCUT2D eigenvalue weighted by Gasteiger charge is -2.28. The van der Waals surface area contributed by atoms with Crippen molar-refractivity contribution in [3.8, 4) is 22.6 Å². The minimum atomic E-state index is -0.575. The zero-order chi connectivity index (χ0) is 55.4. The van der Waals surface area contributed by atoms with E-state index in [1.165, 1.54) is 4.90 Å². The molecule has 2 atom stereocenters. The lowest BCUT2D eigenvalue weighted by atomic mass is 9.95. The summed E-state index contributed by atoms with van der Waals surface area (Å²) < 4.78 is 18.8. The molecule has 3 aliphatic rings. The van der Waals surface area contributed by atoms with Crippen LogP contribution in [0.5, 0.6) is 11.5 Å². The van der Waals surface area contributed by atoms with E-state index in [-0.39, 0.29) is 86.4 Å². The number of ether oxygens (including phenoxy) is 3. The van der Waals surface area contributed by atoms with Crippen molar-refractivity contribution >= 4 is 85.6 Å². The van der Waals surface area contributed by atoms with Crippen molar-refractivity contribution in [3.63, 3.8) is 0 Å². The number of nitrogens with zero attached hydrogens (tertiary/aromatic N) is 3. The molecule has 0 saturated carbocycles. The van der Waals surface area contributed by atoms with Crippen LogP contribution in [0.25, 0.3) is 32.7 Å². The van der Waals surface area contributed by atoms with Crippen LogP contribution in [0.1, 0.15) is 63.1 Å². The second-order valence-corrected chi connectivity index (χ2v) is 21.5. The van der Waals surface area contributed by atoms with Gasteiger partial charge in [0.15, 0.2) is 0 Å². The van der Waals surface area contributed by atoms with Crippen molar-refractivity contribution in [2.24, 2.45) is 0 Å². The predicted octanol–water partition coefficient (Wildman–Crippen LogP) is 14.0. The summed E-state index contributed by atoms with van der Waals surface area (Å²) in [5, 5.41) is 6.53. The third-order valence-electron chi connectivity index (χ3n) is 15.9. The highest BCUT2D eigenvalue weighted by molar-refractivity contribution is 6.19. The number of aryl methyl sites for hydroxylation is 1. The van der Waals surface area contributed by atoms with E-state index in [4.69, 9.17) is 37.4 Å². The molecule has 1 N–H and O–H groups in total. The molecule has 0 radical (unpaired) electrons. The van der Waals surface area contributed by atoms with Crippen LogP contribution in [-0.4, -0.2) is 73.3 Å². The quantitative estimate of drug-likeness (QED) is 0.0850. The topological polar surface area (TPSA) is 118 Å². The molecule has 4 amide bonds. The zero-order valence-corrected chi connectivity index (χ0v) is 46.0. The summed E-state index contributed by atoms with van der Waals surface area (Å²) in [4.78, 5) is 62.9. The Kier molecular flexibility index (Phi) is 15.4. The zero-order valence-electron chi connectivity index (χ0n) is 44.4. The lowest BCUT2D eigenvalue weighted by Crippen LogP contribution is -2.48. The van der Waals surface area contributed by atoms with Crippen LogP contribution < -0.4 is 24.6 Å². The van der Waals surface area contributed by atoms with Gasteiger partial charge in [-0.05, 0) is 79.4 Å². The Bertz CT molecular complexity index is 3610. The highest BCUT2D eigenvalue weighted by atomic mass is 35.5. The van der Waals surface area contributed by atoms with Crippen LogP contribution in [0.4, 0.5) is 21.9 Å². The average molecular weight is 1110 g/mol. The van der Waals surface area contributed by atoms with Gasteiger partial charge in [0.2, 0.25) is 17.7 Å². The van der Waals surface area contributed by atoms with Gasteiger partial charge >= 0.3 is 6.09 Å². The molecule has 12 rings (SSSR count). The van der Waals surface area contributed by atoms with Crippen molar-refractivity contribution < 1.29 is 33.4 Å². The minimum absolute atomic E-state index is 0.00821. The molecular weight excluding hydrogens is 1060 g/mol. The number of anilines is 3. The lowest BCUT2D eigenvalue weighted by molar-refractivity contribution is -0.138. The number of benzene rings is 9. The van der Waals surface area contributed by atoms with E-state index in [0.717, 1.165) is 71.6 Å². The summed E-state index contributed by atoms with van der Waals surface area (Å²) in [5.41, 5.74) is 11.1. The van der Waals surface area contributed by atoms with Gasteiger partial charge in [-0.15, -0.1) is 23.2 Å². The largest absolute Gasteiger partial charge is 0.488 e. The van der Waals surface area contributed by atoms with Crippen molar-refractivity contribution in [3.05, 3.63) is 233 Å². The predicted molar refractivity (Wildman–Crippen MR) is 321 cm³/mol. The van der Waals surface area contributed by atoms with Crippen LogP contribution in [-0.2, 0) is 38.8 Å². The molecule has 0 saturated heterocycles. The number of hydrogen-bond acceptors (Lipinski definition) is 7. The Morgan fingerprint density at radius 1 is 0.519 bits per heavy atom. The van der Waals surface area contributed by atoms with Gasteiger partial charge in [-0.2, -0.15) is 0 Å². The van der Waals surface area contributed by atoms with Gasteiger partial charge in [0.1, 0.15) is 44.4 Å². The van der Waals surface area contributed by atoms with E-state index >= 15 is 9.59 Å². The van der Waals surface area contributed by atoms with E-state index in [1.54, 1.807) is 21.9 Å². The summed E-state index contributed by atoms with van der Waals surface area (Å²) in [7, 11) is 0. The first-order chi connectivity index (χ1) is 39.7. The molecule has 0 spiro atoms. The van der Waals surface area contributed by atoms with Crippen molar-refractivity contribution in [1.29, 1.82) is 0 Å². The molecule has 0 bridgehead atoms. The van der Waals surface area contributed by atoms with Crippen LogP contribution in [0, 0.1) is 0 Å². The number of carbonyl (C=O) groups excluding carboxylic acids is 4. The minimum Gasteiger partial charge on any atom is -0.488 e. The van der Waals surface area contributed by atoms with E-state index < -0.39 is 6.09 Å². The molecule has 2 unspecified atom stereocenters. The number of hydrogen-bond donors (Lipinski definition) is 1. The van der Waals surface area contributed by atoms with Crippen LogP contribution in [0.3, 0.4) is 0 Å². The SMILES string of the molecule is O=C(Nc1ccc(CCC(=O)N(CC(=O)N2CC(CCl)c3c2cc(OCc2ccccc2)c2ccccc32)CC(=O)N2CC(CCl)c3c2cc(OCc2ccccc2)c2ccccc32)cc1)OCC1c2ccccc2-c2ccccc21. The molecule has 2 aliphatic heterocycles. The van der Waals surface area contributed by atoms with Gasteiger partial charge in [-0.1, -0.05) is 170 Å². The Labute approximate surface area is 480 Å². The van der Waals surface area contributed by atoms with Crippen molar-refractivity contribution in [1.82, 2.24) is 4.90 Å². The highest BCUT2D eigenvalue weighted by Crippen LogP contribution is 2.48. The smallest absolute Gasteiger partial charge is 0.411 e. The fraction of sp³-hybridized carbons (Fsp3) is 0.206. The molecule has 0 fully saturated rings. The first-order valence-corrected chi connectivity index (χ1v) is 28.5. The van der Waals surface area contributed by atoms with Gasteiger partial charge in [-0.25, -0.2) is 4.79 Å². The molecule has 1 aliphatic carbocycles. The van der Waals surface area contributed by atoms with Crippen molar-refractivity contribution in [2.75, 3.05) is 59.7 Å². The maximum Gasteiger partial charge on any atom is 0.411 e. The summed E-state index contributed by atoms with van der Waals surface area (Å²) in [6.45, 7) is 0.630. The molecule has 9 aromatic rings. The maximum atomic E-state index is 15.1. The van der Waals surface area contributed by atoms with Gasteiger partial charge < -0.3 is 28.9 Å². The molecule has 2 heterocycles. The van der Waals surface area contributed by atoms with Gasteiger partial charge in [0.05, 0.1) is 11.4 Å². The Morgan fingerprint density at radius 2 is 0.963 bits per heavy atom. The molecule has 406 valence electrons. The standard InChI is InChI=1S/C68H58Cl2N4O7/c69-35-47-37-73(59-33-61(79-41-45-15-3-1-4-16-45)54-23-11-13-25-56(54)66(47)59)64(76)39-72(40-65(77)74-38-48(36-70)67-57-26-14-12-24-55(57)62(34-60(67)74)80-42-46-17-5-2-6-18-46)63(75)32-29-44-27-30-49(31-28-44)71-68(78)81-43-58-52-21-9-7-19-50(52)51-20-8-10-22-53(51)58/h1-28,30-31,33-34,47-48,58H,29,32,35-43H2,(H,71,78). The number of rotatable bonds is 18. The monoisotopic (exact) mass is 1110 g/mol. The second-order valence-electron chi connectivity index (χ2n) is 20.9. The Balaban J connectivity index is 0.792.